The molecule has 0 bridgehead atoms. The monoisotopic (exact) mass is 570 g/mol. The first-order valence-corrected chi connectivity index (χ1v) is 14.0. The molecule has 0 atom stereocenters. The molecule has 7 rings (SSSR count). The zero-order valence-corrected chi connectivity index (χ0v) is 23.4. The minimum Gasteiger partial charge on any atom is -0.455 e. The summed E-state index contributed by atoms with van der Waals surface area (Å²) in [4.78, 5) is 35.0. The van der Waals surface area contributed by atoms with Crippen LogP contribution in [0.15, 0.2) is 95.7 Å². The van der Waals surface area contributed by atoms with Gasteiger partial charge < -0.3 is 15.5 Å². The van der Waals surface area contributed by atoms with E-state index in [-0.39, 0.29) is 11.7 Å². The second kappa shape index (κ2) is 10.2. The Morgan fingerprint density at radius 1 is 1.00 bits per heavy atom. The van der Waals surface area contributed by atoms with E-state index in [1.165, 1.54) is 12.1 Å². The van der Waals surface area contributed by atoms with Crippen molar-refractivity contribution in [1.82, 2.24) is 15.3 Å². The lowest BCUT2D eigenvalue weighted by Gasteiger charge is -2.18. The van der Waals surface area contributed by atoms with E-state index < -0.39 is 11.4 Å². The maximum atomic E-state index is 13.5. The molecule has 7 nitrogen and oxygen atoms in total. The molecule has 3 heterocycles. The number of hydrogen-bond acceptors (Lipinski definition) is 5. The lowest BCUT2D eigenvalue weighted by atomic mass is 10.0. The fourth-order valence-corrected chi connectivity index (χ4v) is 5.66. The predicted molar refractivity (Wildman–Crippen MR) is 161 cm³/mol. The normalized spacial score (nSPS) is 13.7. The van der Waals surface area contributed by atoms with Gasteiger partial charge in [0.25, 0.3) is 11.8 Å². The third-order valence-corrected chi connectivity index (χ3v) is 8.17. The summed E-state index contributed by atoms with van der Waals surface area (Å²) in [7, 11) is 0. The minimum absolute atomic E-state index is 0.204. The van der Waals surface area contributed by atoms with Gasteiger partial charge in [-0.1, -0.05) is 18.2 Å². The first kappa shape index (κ1) is 26.5. The smallest absolute Gasteiger partial charge is 0.252 e. The number of fused-ring (bicyclic) bond motifs is 2. The molecule has 212 valence electrons. The molecule has 2 aromatic heterocycles. The molecule has 0 radical (unpaired) electrons. The number of benzene rings is 2. The number of nitrogens with zero attached hydrogens (tertiary/aromatic N) is 2. The van der Waals surface area contributed by atoms with Crippen LogP contribution in [0.4, 0.5) is 4.39 Å². The molecule has 0 saturated heterocycles. The first-order chi connectivity index (χ1) is 20.8. The maximum absolute atomic E-state index is 13.5. The van der Waals surface area contributed by atoms with Crippen LogP contribution in [-0.4, -0.2) is 21.8 Å². The molecule has 0 unspecified atom stereocenters. The van der Waals surface area contributed by atoms with Gasteiger partial charge in [0.05, 0.1) is 22.3 Å². The summed E-state index contributed by atoms with van der Waals surface area (Å²) in [6.45, 7) is 1.94. The fourth-order valence-electron chi connectivity index (χ4n) is 5.66. The van der Waals surface area contributed by atoms with Gasteiger partial charge in [0.1, 0.15) is 17.3 Å². The van der Waals surface area contributed by atoms with Gasteiger partial charge in [-0.2, -0.15) is 0 Å². The van der Waals surface area contributed by atoms with Gasteiger partial charge in [-0.3, -0.25) is 19.6 Å². The number of carbonyl (C=O) groups excluding carboxylic acids is 2. The Labute approximate surface area is 246 Å². The SMILES string of the molecule is Cc1ccc(C(=O)NC2(c3ccc4cnccc4n3)CC2)cc1-c1ccc2cc(Cc3ccc(F)cc3)c(C(N)=O)c-2o1. The highest BCUT2D eigenvalue weighted by molar-refractivity contribution is 6.02. The van der Waals surface area contributed by atoms with Gasteiger partial charge in [0, 0.05) is 34.5 Å². The van der Waals surface area contributed by atoms with E-state index in [1.807, 2.05) is 49.4 Å². The van der Waals surface area contributed by atoms with Gasteiger partial charge in [0.15, 0.2) is 0 Å². The quantitative estimate of drug-likeness (QED) is 0.226. The minimum atomic E-state index is -0.605. The molecule has 1 saturated carbocycles. The molecule has 2 aromatic carbocycles. The van der Waals surface area contributed by atoms with Crippen LogP contribution in [0.1, 0.15) is 55.9 Å². The molecule has 3 N–H and O–H groups in total. The Morgan fingerprint density at radius 2 is 1.81 bits per heavy atom. The average molecular weight is 571 g/mol. The molecular weight excluding hydrogens is 543 g/mol. The van der Waals surface area contributed by atoms with E-state index in [4.69, 9.17) is 15.1 Å². The Bertz CT molecular complexity index is 2010. The Morgan fingerprint density at radius 3 is 2.58 bits per heavy atom. The molecule has 4 aromatic rings. The number of nitrogens with two attached hydrogens (primary N) is 1. The molecule has 43 heavy (non-hydrogen) atoms. The van der Waals surface area contributed by atoms with Crippen molar-refractivity contribution in [2.45, 2.75) is 31.7 Å². The van der Waals surface area contributed by atoms with Crippen molar-refractivity contribution >= 4 is 22.7 Å². The number of aryl methyl sites for hydroxylation is 1. The first-order valence-electron chi connectivity index (χ1n) is 14.0. The van der Waals surface area contributed by atoms with Crippen LogP contribution in [-0.2, 0) is 12.0 Å². The van der Waals surface area contributed by atoms with Crippen molar-refractivity contribution < 1.29 is 18.4 Å². The van der Waals surface area contributed by atoms with Crippen LogP contribution < -0.4 is 11.1 Å². The fraction of sp³-hybridized carbons (Fsp3) is 0.143. The lowest BCUT2D eigenvalue weighted by Crippen LogP contribution is -2.35. The molecule has 2 amide bonds. The number of halogens is 1. The Balaban J connectivity index is 1.20. The van der Waals surface area contributed by atoms with Crippen LogP contribution in [0.5, 0.6) is 0 Å². The van der Waals surface area contributed by atoms with Crippen LogP contribution in [0, 0.1) is 12.7 Å². The predicted octanol–water partition coefficient (Wildman–Crippen LogP) is 6.55. The van der Waals surface area contributed by atoms with Gasteiger partial charge in [-0.05, 0) is 104 Å². The second-order valence-corrected chi connectivity index (χ2v) is 11.1. The molecule has 3 aliphatic rings. The van der Waals surface area contributed by atoms with Gasteiger partial charge in [0.2, 0.25) is 0 Å². The summed E-state index contributed by atoms with van der Waals surface area (Å²) in [6, 6.07) is 23.0. The lowest BCUT2D eigenvalue weighted by molar-refractivity contribution is 0.0929. The summed E-state index contributed by atoms with van der Waals surface area (Å²) >= 11 is 0. The second-order valence-electron chi connectivity index (χ2n) is 11.1. The van der Waals surface area contributed by atoms with Crippen LogP contribution in [0.3, 0.4) is 0 Å². The van der Waals surface area contributed by atoms with E-state index in [2.05, 4.69) is 10.3 Å². The number of carbonyl (C=O) groups is 2. The topological polar surface area (TPSA) is 111 Å². The maximum Gasteiger partial charge on any atom is 0.252 e. The van der Waals surface area contributed by atoms with E-state index >= 15 is 0 Å². The summed E-state index contributed by atoms with van der Waals surface area (Å²) < 4.78 is 19.7. The number of aromatic nitrogens is 2. The Hall–Kier alpha value is -5.37. The highest BCUT2D eigenvalue weighted by Gasteiger charge is 2.47. The van der Waals surface area contributed by atoms with Crippen molar-refractivity contribution in [3.8, 4) is 22.6 Å². The zero-order valence-electron chi connectivity index (χ0n) is 23.4. The summed E-state index contributed by atoms with van der Waals surface area (Å²) in [5, 5.41) is 4.16. The molecule has 8 heteroatoms. The van der Waals surface area contributed by atoms with Crippen molar-refractivity contribution in [2.24, 2.45) is 5.73 Å². The number of nitrogens with one attached hydrogen (secondary N) is 1. The standard InChI is InChI=1S/C35H27FN4O3/c1-20-2-5-23(34(42)40-35(13-14-35)30-11-7-24-19-38-15-12-28(24)39-30)18-27(20)29-10-6-22-17-25(31(33(37)41)32(22)43-29)16-21-3-8-26(36)9-4-21/h2-12,15,17-19H,13-14,16H2,1H3,(H2,37,41)(H,40,42). The number of primary amides is 1. The zero-order chi connectivity index (χ0) is 29.7. The van der Waals surface area contributed by atoms with Crippen molar-refractivity contribution in [3.63, 3.8) is 0 Å². The van der Waals surface area contributed by atoms with Crippen LogP contribution in [0.25, 0.3) is 33.6 Å². The summed E-state index contributed by atoms with van der Waals surface area (Å²) in [5.74, 6) is -0.249. The van der Waals surface area contributed by atoms with Crippen molar-refractivity contribution in [1.29, 1.82) is 0 Å². The largest absolute Gasteiger partial charge is 0.455 e. The third-order valence-electron chi connectivity index (χ3n) is 8.17. The van der Waals surface area contributed by atoms with Gasteiger partial charge >= 0.3 is 0 Å². The van der Waals surface area contributed by atoms with E-state index in [1.54, 1.807) is 36.7 Å². The number of amides is 2. The van der Waals surface area contributed by atoms with E-state index in [9.17, 15) is 14.0 Å². The third kappa shape index (κ3) is 4.91. The number of pyridine rings is 2. The molecule has 2 aliphatic carbocycles. The Kier molecular flexibility index (Phi) is 6.27. The van der Waals surface area contributed by atoms with Crippen LogP contribution in [0.2, 0.25) is 0 Å². The molecule has 1 aliphatic heterocycles. The van der Waals surface area contributed by atoms with Gasteiger partial charge in [-0.25, -0.2) is 4.39 Å². The molecule has 1 fully saturated rings. The van der Waals surface area contributed by atoms with E-state index in [0.29, 0.717) is 34.6 Å². The number of rotatable bonds is 7. The van der Waals surface area contributed by atoms with Crippen molar-refractivity contribution in [3.05, 3.63) is 131 Å². The number of hydrogen-bond donors (Lipinski definition) is 2. The summed E-state index contributed by atoms with van der Waals surface area (Å²) in [6.07, 6.45) is 5.49. The van der Waals surface area contributed by atoms with Crippen LogP contribution >= 0.6 is 0 Å². The van der Waals surface area contributed by atoms with Crippen molar-refractivity contribution in [2.75, 3.05) is 0 Å². The summed E-state index contributed by atoms with van der Waals surface area (Å²) in [5.41, 5.74) is 11.7. The highest BCUT2D eigenvalue weighted by atomic mass is 19.1. The molecular formula is C35H27FN4O3. The molecule has 0 spiro atoms. The van der Waals surface area contributed by atoms with Gasteiger partial charge in [-0.15, -0.1) is 0 Å². The average Bonchev–Trinajstić information content (AvgIpc) is 3.70. The van der Waals surface area contributed by atoms with E-state index in [0.717, 1.165) is 51.7 Å². The highest BCUT2D eigenvalue weighted by Crippen LogP contribution is 2.45.